The normalized spacial score (nSPS) is 12.4. The van der Waals surface area contributed by atoms with E-state index in [0.29, 0.717) is 12.2 Å². The first-order valence-corrected chi connectivity index (χ1v) is 5.96. The molecule has 2 rings (SSSR count). The molecule has 6 nitrogen and oxygen atoms in total. The SMILES string of the molecule is CCn1nc(C)cc1C(=O)NC(C)c1ncc[nH]1. The first-order valence-electron chi connectivity index (χ1n) is 5.96. The van der Waals surface area contributed by atoms with Gasteiger partial charge in [0.2, 0.25) is 0 Å². The summed E-state index contributed by atoms with van der Waals surface area (Å²) in [6.07, 6.45) is 3.40. The number of hydrogen-bond acceptors (Lipinski definition) is 3. The van der Waals surface area contributed by atoms with Crippen LogP contribution in [0.3, 0.4) is 0 Å². The molecule has 1 unspecified atom stereocenters. The van der Waals surface area contributed by atoms with Crippen molar-refractivity contribution in [2.45, 2.75) is 33.4 Å². The van der Waals surface area contributed by atoms with E-state index >= 15 is 0 Å². The molecule has 0 aliphatic heterocycles. The molecule has 0 saturated heterocycles. The molecule has 1 amide bonds. The van der Waals surface area contributed by atoms with Gasteiger partial charge < -0.3 is 10.3 Å². The maximum Gasteiger partial charge on any atom is 0.270 e. The third kappa shape index (κ3) is 2.42. The standard InChI is InChI=1S/C12H17N5O/c1-4-17-10(7-8(2)16-17)12(18)15-9(3)11-13-5-6-14-11/h5-7,9H,4H2,1-3H3,(H,13,14)(H,15,18). The highest BCUT2D eigenvalue weighted by Crippen LogP contribution is 2.09. The number of aromatic nitrogens is 4. The van der Waals surface area contributed by atoms with Crippen LogP contribution in [0.4, 0.5) is 0 Å². The summed E-state index contributed by atoms with van der Waals surface area (Å²) in [6.45, 7) is 6.39. The number of carbonyl (C=O) groups is 1. The lowest BCUT2D eigenvalue weighted by atomic mass is 10.3. The van der Waals surface area contributed by atoms with Crippen molar-refractivity contribution < 1.29 is 4.79 Å². The molecule has 18 heavy (non-hydrogen) atoms. The average Bonchev–Trinajstić information content (AvgIpc) is 2.96. The minimum absolute atomic E-state index is 0.138. The van der Waals surface area contributed by atoms with Crippen molar-refractivity contribution >= 4 is 5.91 Å². The Labute approximate surface area is 105 Å². The number of hydrogen-bond donors (Lipinski definition) is 2. The fraction of sp³-hybridized carbons (Fsp3) is 0.417. The van der Waals surface area contributed by atoms with Crippen LogP contribution in [0.1, 0.15) is 41.9 Å². The van der Waals surface area contributed by atoms with Crippen LogP contribution in [0.5, 0.6) is 0 Å². The molecule has 0 aliphatic rings. The summed E-state index contributed by atoms with van der Waals surface area (Å²) in [5.41, 5.74) is 1.42. The molecule has 96 valence electrons. The molecule has 2 aromatic heterocycles. The Morgan fingerprint density at radius 3 is 3.00 bits per heavy atom. The van der Waals surface area contributed by atoms with Gasteiger partial charge in [0.15, 0.2) is 0 Å². The van der Waals surface area contributed by atoms with Crippen molar-refractivity contribution in [3.05, 3.63) is 35.7 Å². The summed E-state index contributed by atoms with van der Waals surface area (Å²) in [6, 6.07) is 1.63. The smallest absolute Gasteiger partial charge is 0.270 e. The van der Waals surface area contributed by atoms with Crippen molar-refractivity contribution in [1.82, 2.24) is 25.1 Å². The van der Waals surface area contributed by atoms with Gasteiger partial charge in [-0.1, -0.05) is 0 Å². The monoisotopic (exact) mass is 247 g/mol. The van der Waals surface area contributed by atoms with Gasteiger partial charge in [0.05, 0.1) is 11.7 Å². The molecular formula is C12H17N5O. The van der Waals surface area contributed by atoms with E-state index in [1.54, 1.807) is 23.1 Å². The molecule has 0 bridgehead atoms. The second-order valence-electron chi connectivity index (χ2n) is 4.16. The number of imidazole rings is 1. The van der Waals surface area contributed by atoms with Crippen LogP contribution in [0.25, 0.3) is 0 Å². The lowest BCUT2D eigenvalue weighted by molar-refractivity contribution is 0.0927. The zero-order valence-electron chi connectivity index (χ0n) is 10.8. The summed E-state index contributed by atoms with van der Waals surface area (Å²) in [7, 11) is 0. The first kappa shape index (κ1) is 12.3. The highest BCUT2D eigenvalue weighted by molar-refractivity contribution is 5.92. The number of aryl methyl sites for hydroxylation is 2. The van der Waals surface area contributed by atoms with E-state index in [4.69, 9.17) is 0 Å². The van der Waals surface area contributed by atoms with Crippen LogP contribution >= 0.6 is 0 Å². The molecule has 0 radical (unpaired) electrons. The minimum atomic E-state index is -0.159. The van der Waals surface area contributed by atoms with Gasteiger partial charge in [-0.3, -0.25) is 9.48 Å². The molecule has 0 aliphatic carbocycles. The van der Waals surface area contributed by atoms with Crippen LogP contribution in [-0.4, -0.2) is 25.7 Å². The van der Waals surface area contributed by atoms with E-state index in [2.05, 4.69) is 20.4 Å². The molecule has 2 aromatic rings. The zero-order valence-corrected chi connectivity index (χ0v) is 10.8. The molecule has 1 atom stereocenters. The number of nitrogens with one attached hydrogen (secondary N) is 2. The van der Waals surface area contributed by atoms with Gasteiger partial charge in [0.25, 0.3) is 5.91 Å². The lowest BCUT2D eigenvalue weighted by Crippen LogP contribution is -2.29. The number of nitrogens with zero attached hydrogens (tertiary/aromatic N) is 3. The summed E-state index contributed by atoms with van der Waals surface area (Å²) >= 11 is 0. The van der Waals surface area contributed by atoms with Gasteiger partial charge in [-0.25, -0.2) is 4.98 Å². The second kappa shape index (κ2) is 5.03. The molecule has 2 heterocycles. The Hall–Kier alpha value is -2.11. The fourth-order valence-corrected chi connectivity index (χ4v) is 1.82. The van der Waals surface area contributed by atoms with E-state index in [1.807, 2.05) is 20.8 Å². The molecule has 0 fully saturated rings. The van der Waals surface area contributed by atoms with E-state index in [1.165, 1.54) is 0 Å². The van der Waals surface area contributed by atoms with Gasteiger partial charge in [-0.2, -0.15) is 5.10 Å². The zero-order chi connectivity index (χ0) is 13.1. The molecule has 2 N–H and O–H groups in total. The largest absolute Gasteiger partial charge is 0.347 e. The number of aromatic amines is 1. The Kier molecular flexibility index (Phi) is 3.45. The molecule has 0 saturated carbocycles. The molecule has 0 spiro atoms. The summed E-state index contributed by atoms with van der Waals surface area (Å²) in [4.78, 5) is 19.2. The highest BCUT2D eigenvalue weighted by atomic mass is 16.2. The summed E-state index contributed by atoms with van der Waals surface area (Å²) < 4.78 is 1.69. The topological polar surface area (TPSA) is 75.6 Å². The van der Waals surface area contributed by atoms with Gasteiger partial charge in [-0.15, -0.1) is 0 Å². The van der Waals surface area contributed by atoms with Crippen molar-refractivity contribution in [2.75, 3.05) is 0 Å². The number of H-pyrrole nitrogens is 1. The lowest BCUT2D eigenvalue weighted by Gasteiger charge is -2.11. The number of amides is 1. The first-order chi connectivity index (χ1) is 8.61. The van der Waals surface area contributed by atoms with Crippen LogP contribution in [0, 0.1) is 6.92 Å². The summed E-state index contributed by atoms with van der Waals surface area (Å²) in [5.74, 6) is 0.601. The molecular weight excluding hydrogens is 230 g/mol. The fourth-order valence-electron chi connectivity index (χ4n) is 1.82. The number of rotatable bonds is 4. The van der Waals surface area contributed by atoms with Crippen LogP contribution in [0.2, 0.25) is 0 Å². The predicted molar refractivity (Wildman–Crippen MR) is 67.1 cm³/mol. The Morgan fingerprint density at radius 2 is 2.39 bits per heavy atom. The Morgan fingerprint density at radius 1 is 1.61 bits per heavy atom. The van der Waals surface area contributed by atoms with E-state index in [-0.39, 0.29) is 11.9 Å². The molecule has 6 heteroatoms. The maximum atomic E-state index is 12.1. The van der Waals surface area contributed by atoms with Gasteiger partial charge in [0.1, 0.15) is 11.5 Å². The van der Waals surface area contributed by atoms with Crippen LogP contribution in [0.15, 0.2) is 18.5 Å². The molecule has 0 aromatic carbocycles. The van der Waals surface area contributed by atoms with Crippen molar-refractivity contribution in [3.63, 3.8) is 0 Å². The van der Waals surface area contributed by atoms with E-state index in [0.717, 1.165) is 11.5 Å². The van der Waals surface area contributed by atoms with Gasteiger partial charge in [0, 0.05) is 18.9 Å². The highest BCUT2D eigenvalue weighted by Gasteiger charge is 2.17. The van der Waals surface area contributed by atoms with E-state index in [9.17, 15) is 4.79 Å². The minimum Gasteiger partial charge on any atom is -0.347 e. The quantitative estimate of drug-likeness (QED) is 0.858. The second-order valence-corrected chi connectivity index (χ2v) is 4.16. The Bertz CT molecular complexity index is 529. The maximum absolute atomic E-state index is 12.1. The van der Waals surface area contributed by atoms with Crippen molar-refractivity contribution in [2.24, 2.45) is 0 Å². The van der Waals surface area contributed by atoms with Gasteiger partial charge in [-0.05, 0) is 26.8 Å². The van der Waals surface area contributed by atoms with Crippen molar-refractivity contribution in [1.29, 1.82) is 0 Å². The van der Waals surface area contributed by atoms with Crippen LogP contribution < -0.4 is 5.32 Å². The van der Waals surface area contributed by atoms with Gasteiger partial charge >= 0.3 is 0 Å². The summed E-state index contributed by atoms with van der Waals surface area (Å²) in [5, 5.41) is 7.15. The number of carbonyl (C=O) groups excluding carboxylic acids is 1. The van der Waals surface area contributed by atoms with E-state index < -0.39 is 0 Å². The average molecular weight is 247 g/mol. The third-order valence-electron chi connectivity index (χ3n) is 2.71. The Balaban J connectivity index is 2.12. The predicted octanol–water partition coefficient (Wildman–Crippen LogP) is 1.43. The van der Waals surface area contributed by atoms with Crippen molar-refractivity contribution in [3.8, 4) is 0 Å². The third-order valence-corrected chi connectivity index (χ3v) is 2.71. The van der Waals surface area contributed by atoms with Crippen LogP contribution in [-0.2, 0) is 6.54 Å².